The third-order valence-corrected chi connectivity index (χ3v) is 3.82. The molecule has 0 radical (unpaired) electrons. The maximum Gasteiger partial charge on any atom is 0.259 e. The van der Waals surface area contributed by atoms with Crippen LogP contribution in [0.1, 0.15) is 21.5 Å². The van der Waals surface area contributed by atoms with Crippen molar-refractivity contribution >= 4 is 18.0 Å². The van der Waals surface area contributed by atoms with E-state index in [-0.39, 0.29) is 12.5 Å². The van der Waals surface area contributed by atoms with Crippen LogP contribution in [-0.4, -0.2) is 45.9 Å². The zero-order chi connectivity index (χ0) is 20.5. The molecule has 2 aromatic rings. The number of nitrogens with zero attached hydrogens (tertiary/aromatic N) is 1. The van der Waals surface area contributed by atoms with Crippen LogP contribution in [-0.2, 0) is 4.79 Å². The monoisotopic (exact) mass is 385 g/mol. The molecule has 0 bridgehead atoms. The maximum absolute atomic E-state index is 12.0. The predicted octanol–water partition coefficient (Wildman–Crippen LogP) is 1.90. The average Bonchev–Trinajstić information content (AvgIpc) is 2.71. The van der Waals surface area contributed by atoms with Crippen molar-refractivity contribution in [2.45, 2.75) is 6.92 Å². The summed E-state index contributed by atoms with van der Waals surface area (Å²) in [5.74, 6) is 0.568. The summed E-state index contributed by atoms with van der Waals surface area (Å²) >= 11 is 0. The lowest BCUT2D eigenvalue weighted by Crippen LogP contribution is -2.34. The first-order valence-corrected chi connectivity index (χ1v) is 8.46. The zero-order valence-corrected chi connectivity index (χ0v) is 16.2. The number of carbonyl (C=O) groups is 2. The molecule has 28 heavy (non-hydrogen) atoms. The van der Waals surface area contributed by atoms with Crippen molar-refractivity contribution in [2.24, 2.45) is 5.10 Å². The molecule has 8 heteroatoms. The first kappa shape index (κ1) is 20.8. The van der Waals surface area contributed by atoms with Crippen molar-refractivity contribution in [2.75, 3.05) is 27.9 Å². The Kier molecular flexibility index (Phi) is 7.38. The van der Waals surface area contributed by atoms with E-state index in [4.69, 9.17) is 14.2 Å². The fourth-order valence-corrected chi connectivity index (χ4v) is 2.49. The van der Waals surface area contributed by atoms with Crippen molar-refractivity contribution in [1.29, 1.82) is 0 Å². The average molecular weight is 385 g/mol. The van der Waals surface area contributed by atoms with E-state index in [0.717, 1.165) is 5.56 Å². The molecule has 0 aliphatic rings. The summed E-state index contributed by atoms with van der Waals surface area (Å²) in [5.41, 5.74) is 4.40. The molecule has 2 N–H and O–H groups in total. The van der Waals surface area contributed by atoms with Gasteiger partial charge in [0.1, 0.15) is 0 Å². The molecule has 0 saturated heterocycles. The van der Waals surface area contributed by atoms with Crippen LogP contribution in [0.3, 0.4) is 0 Å². The topological polar surface area (TPSA) is 98.2 Å². The Morgan fingerprint density at radius 3 is 2.43 bits per heavy atom. The smallest absolute Gasteiger partial charge is 0.259 e. The van der Waals surface area contributed by atoms with E-state index in [0.29, 0.717) is 28.4 Å². The number of benzene rings is 2. The van der Waals surface area contributed by atoms with Crippen molar-refractivity contribution in [1.82, 2.24) is 10.7 Å². The highest BCUT2D eigenvalue weighted by atomic mass is 16.5. The third kappa shape index (κ3) is 5.23. The molecule has 0 aliphatic carbocycles. The number of hydrazone groups is 1. The molecule has 0 unspecified atom stereocenters. The van der Waals surface area contributed by atoms with Crippen LogP contribution in [0.5, 0.6) is 17.2 Å². The van der Waals surface area contributed by atoms with Gasteiger partial charge in [0.15, 0.2) is 11.5 Å². The largest absolute Gasteiger partial charge is 0.493 e. The summed E-state index contributed by atoms with van der Waals surface area (Å²) in [5, 5.41) is 6.44. The minimum atomic E-state index is -0.461. The summed E-state index contributed by atoms with van der Waals surface area (Å²) in [7, 11) is 4.52. The van der Waals surface area contributed by atoms with E-state index < -0.39 is 5.91 Å². The molecule has 0 heterocycles. The minimum Gasteiger partial charge on any atom is -0.493 e. The molecule has 148 valence electrons. The lowest BCUT2D eigenvalue weighted by Gasteiger charge is -2.13. The highest BCUT2D eigenvalue weighted by Gasteiger charge is 2.14. The van der Waals surface area contributed by atoms with E-state index in [1.165, 1.54) is 27.5 Å². The van der Waals surface area contributed by atoms with Crippen molar-refractivity contribution in [3.63, 3.8) is 0 Å². The second-order valence-electron chi connectivity index (χ2n) is 5.77. The van der Waals surface area contributed by atoms with Crippen LogP contribution in [0.4, 0.5) is 0 Å². The predicted molar refractivity (Wildman–Crippen MR) is 105 cm³/mol. The minimum absolute atomic E-state index is 0.201. The standard InChI is InChI=1S/C20H23N3O5/c1-13-6-5-7-14(10-13)20(25)21-12-17(24)23-22-11-15-8-9-16(26-2)19(28-4)18(15)27-3/h5-11H,12H2,1-4H3,(H,21,25)(H,23,24)/b22-11+. The molecule has 0 spiro atoms. The summed E-state index contributed by atoms with van der Waals surface area (Å²) in [6.45, 7) is 1.69. The Bertz CT molecular complexity index is 880. The van der Waals surface area contributed by atoms with Crippen LogP contribution in [0.15, 0.2) is 41.5 Å². The number of hydrogen-bond donors (Lipinski definition) is 2. The van der Waals surface area contributed by atoms with E-state index in [1.54, 1.807) is 30.3 Å². The molecule has 0 aliphatic heterocycles. The zero-order valence-electron chi connectivity index (χ0n) is 16.2. The van der Waals surface area contributed by atoms with E-state index >= 15 is 0 Å². The van der Waals surface area contributed by atoms with Gasteiger partial charge in [-0.3, -0.25) is 9.59 Å². The van der Waals surface area contributed by atoms with E-state index in [9.17, 15) is 9.59 Å². The van der Waals surface area contributed by atoms with Crippen LogP contribution >= 0.6 is 0 Å². The summed E-state index contributed by atoms with van der Waals surface area (Å²) in [6, 6.07) is 10.5. The van der Waals surface area contributed by atoms with Crippen LogP contribution in [0.2, 0.25) is 0 Å². The Hall–Kier alpha value is -3.55. The lowest BCUT2D eigenvalue weighted by molar-refractivity contribution is -0.120. The van der Waals surface area contributed by atoms with Gasteiger partial charge in [0, 0.05) is 11.1 Å². The van der Waals surface area contributed by atoms with Crippen molar-refractivity contribution in [3.8, 4) is 17.2 Å². The second-order valence-corrected chi connectivity index (χ2v) is 5.77. The molecule has 2 aromatic carbocycles. The number of amides is 2. The lowest BCUT2D eigenvalue weighted by atomic mass is 10.1. The molecular formula is C20H23N3O5. The Morgan fingerprint density at radius 2 is 1.79 bits per heavy atom. The highest BCUT2D eigenvalue weighted by molar-refractivity contribution is 5.96. The number of aryl methyl sites for hydroxylation is 1. The van der Waals surface area contributed by atoms with Gasteiger partial charge in [-0.15, -0.1) is 0 Å². The number of ether oxygens (including phenoxy) is 3. The number of hydrogen-bond acceptors (Lipinski definition) is 6. The summed E-state index contributed by atoms with van der Waals surface area (Å²) in [6.07, 6.45) is 1.42. The number of rotatable bonds is 8. The Labute approximate surface area is 163 Å². The summed E-state index contributed by atoms with van der Waals surface area (Å²) < 4.78 is 15.8. The van der Waals surface area contributed by atoms with Gasteiger partial charge in [0.2, 0.25) is 5.75 Å². The van der Waals surface area contributed by atoms with Gasteiger partial charge in [-0.2, -0.15) is 5.10 Å². The number of carbonyl (C=O) groups excluding carboxylic acids is 2. The van der Waals surface area contributed by atoms with Gasteiger partial charge in [-0.05, 0) is 31.2 Å². The van der Waals surface area contributed by atoms with Crippen molar-refractivity contribution in [3.05, 3.63) is 53.1 Å². The van der Waals surface area contributed by atoms with Crippen LogP contribution in [0.25, 0.3) is 0 Å². The third-order valence-electron chi connectivity index (χ3n) is 3.82. The van der Waals surface area contributed by atoms with Gasteiger partial charge in [0.05, 0.1) is 34.1 Å². The van der Waals surface area contributed by atoms with Crippen LogP contribution in [0, 0.1) is 6.92 Å². The first-order chi connectivity index (χ1) is 13.5. The second kappa shape index (κ2) is 9.96. The van der Waals surface area contributed by atoms with Gasteiger partial charge in [-0.25, -0.2) is 5.43 Å². The molecular weight excluding hydrogens is 362 g/mol. The molecule has 2 rings (SSSR count). The molecule has 8 nitrogen and oxygen atoms in total. The maximum atomic E-state index is 12.0. The fourth-order valence-electron chi connectivity index (χ4n) is 2.49. The van der Waals surface area contributed by atoms with Gasteiger partial charge in [-0.1, -0.05) is 17.7 Å². The fraction of sp³-hybridized carbons (Fsp3) is 0.250. The molecule has 2 amide bonds. The Morgan fingerprint density at radius 1 is 1.04 bits per heavy atom. The van der Waals surface area contributed by atoms with Crippen molar-refractivity contribution < 1.29 is 23.8 Å². The van der Waals surface area contributed by atoms with Gasteiger partial charge < -0.3 is 19.5 Å². The number of methoxy groups -OCH3 is 3. The summed E-state index contributed by atoms with van der Waals surface area (Å²) in [4.78, 5) is 23.9. The molecule has 0 fully saturated rings. The van der Waals surface area contributed by atoms with E-state index in [1.807, 2.05) is 13.0 Å². The van der Waals surface area contributed by atoms with E-state index in [2.05, 4.69) is 15.8 Å². The Balaban J connectivity index is 1.95. The number of nitrogens with one attached hydrogen (secondary N) is 2. The SMILES string of the molecule is COc1ccc(/C=N/NC(=O)CNC(=O)c2cccc(C)c2)c(OC)c1OC. The van der Waals surface area contributed by atoms with Gasteiger partial charge >= 0.3 is 0 Å². The molecule has 0 aromatic heterocycles. The quantitative estimate of drug-likeness (QED) is 0.534. The van der Waals surface area contributed by atoms with Crippen LogP contribution < -0.4 is 25.0 Å². The normalized spacial score (nSPS) is 10.4. The molecule has 0 atom stereocenters. The first-order valence-electron chi connectivity index (χ1n) is 8.46. The highest BCUT2D eigenvalue weighted by Crippen LogP contribution is 2.38. The molecule has 0 saturated carbocycles. The van der Waals surface area contributed by atoms with Gasteiger partial charge in [0.25, 0.3) is 11.8 Å².